The minimum absolute atomic E-state index is 0.0791. The van der Waals surface area contributed by atoms with Gasteiger partial charge in [0.2, 0.25) is 5.60 Å². The number of hydrogen-bond acceptors (Lipinski definition) is 9. The highest BCUT2D eigenvalue weighted by atomic mass is 19.4. The van der Waals surface area contributed by atoms with Crippen molar-refractivity contribution in [1.82, 2.24) is 15.5 Å². The van der Waals surface area contributed by atoms with Crippen LogP contribution in [0.2, 0.25) is 0 Å². The van der Waals surface area contributed by atoms with Gasteiger partial charge in [-0.3, -0.25) is 4.90 Å². The van der Waals surface area contributed by atoms with Gasteiger partial charge in [-0.25, -0.2) is 9.59 Å². The molecular formula is C50H48F6N6O6. The number of hydrogen-bond donors (Lipinski definition) is 6. The van der Waals surface area contributed by atoms with Crippen molar-refractivity contribution >= 4 is 34.9 Å². The van der Waals surface area contributed by atoms with E-state index in [2.05, 4.69) is 21.3 Å². The van der Waals surface area contributed by atoms with Crippen molar-refractivity contribution in [2.75, 3.05) is 30.5 Å². The minimum atomic E-state index is -4.73. The van der Waals surface area contributed by atoms with Gasteiger partial charge in [-0.05, 0) is 70.8 Å². The van der Waals surface area contributed by atoms with Crippen molar-refractivity contribution in [2.24, 2.45) is 5.73 Å². The maximum Gasteiger partial charge on any atom is 0.418 e. The van der Waals surface area contributed by atoms with E-state index in [1.54, 1.807) is 36.4 Å². The molecule has 356 valence electrons. The fourth-order valence-electron chi connectivity index (χ4n) is 7.57. The van der Waals surface area contributed by atoms with E-state index < -0.39 is 47.5 Å². The minimum Gasteiger partial charge on any atom is -0.465 e. The molecule has 8 rings (SSSR count). The van der Waals surface area contributed by atoms with E-state index in [1.165, 1.54) is 42.5 Å². The van der Waals surface area contributed by atoms with E-state index in [0.717, 1.165) is 36.5 Å². The Bertz CT molecular complexity index is 2580. The van der Waals surface area contributed by atoms with E-state index in [1.807, 2.05) is 65.6 Å². The summed E-state index contributed by atoms with van der Waals surface area (Å²) in [5.41, 5.74) is 4.86. The Morgan fingerprint density at radius 2 is 1.15 bits per heavy atom. The Kier molecular flexibility index (Phi) is 15.6. The lowest BCUT2D eigenvalue weighted by Crippen LogP contribution is -2.65. The molecule has 68 heavy (non-hydrogen) atoms. The number of alkyl carbamates (subject to hydrolysis) is 1. The van der Waals surface area contributed by atoms with Gasteiger partial charge in [0.05, 0.1) is 48.4 Å². The van der Waals surface area contributed by atoms with Crippen LogP contribution in [0.25, 0.3) is 0 Å². The van der Waals surface area contributed by atoms with Crippen LogP contribution in [0.3, 0.4) is 0 Å². The second-order valence-corrected chi connectivity index (χ2v) is 16.0. The summed E-state index contributed by atoms with van der Waals surface area (Å²) in [4.78, 5) is 27.6. The van der Waals surface area contributed by atoms with Crippen LogP contribution in [0, 0.1) is 0 Å². The second-order valence-electron chi connectivity index (χ2n) is 16.0. The smallest absolute Gasteiger partial charge is 0.418 e. The van der Waals surface area contributed by atoms with E-state index in [0.29, 0.717) is 35.9 Å². The summed E-state index contributed by atoms with van der Waals surface area (Å²) in [5.74, 6) is 0. The second kappa shape index (κ2) is 21.7. The molecule has 0 bridgehead atoms. The number of halogens is 6. The number of para-hydroxylation sites is 2. The van der Waals surface area contributed by atoms with Crippen LogP contribution in [0.15, 0.2) is 152 Å². The number of alkyl halides is 6. The van der Waals surface area contributed by atoms with Crippen molar-refractivity contribution < 1.29 is 55.2 Å². The number of carboxylic acid groups (broad SMARTS) is 1. The van der Waals surface area contributed by atoms with E-state index >= 15 is 0 Å². The van der Waals surface area contributed by atoms with Crippen LogP contribution in [0.1, 0.15) is 38.9 Å². The van der Waals surface area contributed by atoms with Gasteiger partial charge in [0, 0.05) is 43.1 Å². The molecule has 7 N–H and O–H groups in total. The largest absolute Gasteiger partial charge is 0.465 e. The third-order valence-corrected chi connectivity index (χ3v) is 11.0. The third-order valence-electron chi connectivity index (χ3n) is 11.0. The molecule has 2 amide bonds. The Labute approximate surface area is 388 Å². The quantitative estimate of drug-likeness (QED) is 0.0547. The number of amides is 2. The molecule has 2 aliphatic rings. The average molecular weight is 943 g/mol. The van der Waals surface area contributed by atoms with Gasteiger partial charge in [0.15, 0.2) is 6.23 Å². The summed E-state index contributed by atoms with van der Waals surface area (Å²) in [6.45, 7) is 1.61. The van der Waals surface area contributed by atoms with Gasteiger partial charge in [-0.15, -0.1) is 0 Å². The lowest BCUT2D eigenvalue weighted by atomic mass is 9.84. The molecule has 18 heteroatoms. The van der Waals surface area contributed by atoms with E-state index in [-0.39, 0.29) is 42.3 Å². The molecule has 0 radical (unpaired) electrons. The number of nitrogens with two attached hydrogens (primary N) is 1. The zero-order chi connectivity index (χ0) is 48.3. The van der Waals surface area contributed by atoms with Gasteiger partial charge in [0.1, 0.15) is 0 Å². The van der Waals surface area contributed by atoms with Gasteiger partial charge in [0.25, 0.3) is 0 Å². The molecule has 2 aliphatic heterocycles. The van der Waals surface area contributed by atoms with Gasteiger partial charge < -0.3 is 46.3 Å². The monoisotopic (exact) mass is 942 g/mol. The molecule has 6 aromatic carbocycles. The summed E-state index contributed by atoms with van der Waals surface area (Å²) in [6.07, 6.45) is -12.6. The number of rotatable bonds is 15. The molecule has 0 spiro atoms. The van der Waals surface area contributed by atoms with Crippen LogP contribution in [-0.2, 0) is 58.3 Å². The van der Waals surface area contributed by atoms with Gasteiger partial charge in [-0.1, -0.05) is 103 Å². The molecule has 6 aromatic rings. The molecular weight excluding hydrogens is 895 g/mol. The molecule has 2 saturated heterocycles. The number of anilines is 4. The first-order valence-corrected chi connectivity index (χ1v) is 21.4. The summed E-state index contributed by atoms with van der Waals surface area (Å²) in [5, 5.41) is 20.2. The molecule has 0 aliphatic carbocycles. The van der Waals surface area contributed by atoms with Gasteiger partial charge in [-0.2, -0.15) is 26.3 Å². The summed E-state index contributed by atoms with van der Waals surface area (Å²) in [7, 11) is 0. The maximum atomic E-state index is 14.3. The predicted molar refractivity (Wildman–Crippen MR) is 243 cm³/mol. The van der Waals surface area contributed by atoms with Crippen molar-refractivity contribution in [3.05, 3.63) is 191 Å². The number of benzene rings is 6. The van der Waals surface area contributed by atoms with Crippen LogP contribution in [-0.4, -0.2) is 54.3 Å². The fraction of sp³-hybridized carbons (Fsp3) is 0.240. The molecule has 0 aromatic heterocycles. The van der Waals surface area contributed by atoms with Crippen LogP contribution in [0.4, 0.5) is 58.7 Å². The Hall–Kier alpha value is -7.12. The first-order chi connectivity index (χ1) is 32.6. The molecule has 2 atom stereocenters. The maximum absolute atomic E-state index is 14.3. The molecule has 2 fully saturated rings. The lowest BCUT2D eigenvalue weighted by Gasteiger charge is -2.52. The lowest BCUT2D eigenvalue weighted by molar-refractivity contribution is -0.299. The van der Waals surface area contributed by atoms with Crippen molar-refractivity contribution in [2.45, 2.75) is 56.4 Å². The zero-order valence-corrected chi connectivity index (χ0v) is 36.3. The normalized spacial score (nSPS) is 16.9. The Balaban J connectivity index is 0.00000128. The highest BCUT2D eigenvalue weighted by Gasteiger charge is 2.57. The topological polar surface area (TPSA) is 159 Å². The molecule has 2 unspecified atom stereocenters. The summed E-state index contributed by atoms with van der Waals surface area (Å²) >= 11 is 0. The average Bonchev–Trinajstić information content (AvgIpc) is 3.29. The predicted octanol–water partition coefficient (Wildman–Crippen LogP) is 10.5. The first kappa shape index (κ1) is 48.8. The number of carbonyl (C=O) groups excluding carboxylic acids is 1. The van der Waals surface area contributed by atoms with E-state index in [4.69, 9.17) is 19.9 Å². The highest BCUT2D eigenvalue weighted by Crippen LogP contribution is 2.47. The van der Waals surface area contributed by atoms with Crippen molar-refractivity contribution in [3.8, 4) is 0 Å². The summed E-state index contributed by atoms with van der Waals surface area (Å²) in [6, 6.07) is 40.2. The van der Waals surface area contributed by atoms with Crippen molar-refractivity contribution in [3.63, 3.8) is 0 Å². The van der Waals surface area contributed by atoms with Crippen LogP contribution >= 0.6 is 0 Å². The standard InChI is InChI=1S/C47H41F6N5O5.C3H7NO/c48-46(49,50)36-15-7-9-17-39(36)56-35-22-19-31(20-23-35)26-55-44(61)63-45(30-62-42(45)58(28-32-11-3-1-4-12-32)29-33-13-5-2-6-14-33)38-25-34(27-54-43(59)60)21-24-41(38)57-40-18-10-8-16-37(40)47(51,52)53;4-3-1-5-2-3/h1-25,42,54,56-57H,26-30H2,(H,55,61)(H,59,60);3H,1-2,4H2. The van der Waals surface area contributed by atoms with Crippen molar-refractivity contribution in [1.29, 1.82) is 0 Å². The number of carbonyl (C=O) groups is 2. The molecule has 0 saturated carbocycles. The van der Waals surface area contributed by atoms with Gasteiger partial charge >= 0.3 is 24.5 Å². The first-order valence-electron chi connectivity index (χ1n) is 21.4. The molecule has 12 nitrogen and oxygen atoms in total. The third kappa shape index (κ3) is 12.6. The van der Waals surface area contributed by atoms with E-state index in [9.17, 15) is 41.0 Å². The summed E-state index contributed by atoms with van der Waals surface area (Å²) < 4.78 is 101. The Morgan fingerprint density at radius 1 is 0.647 bits per heavy atom. The Morgan fingerprint density at radius 3 is 1.63 bits per heavy atom. The number of ether oxygens (including phenoxy) is 3. The number of nitrogens with zero attached hydrogens (tertiary/aromatic N) is 1. The fourth-order valence-corrected chi connectivity index (χ4v) is 7.57. The molecule has 2 heterocycles. The SMILES string of the molecule is NC1COC1.O=C(O)NCc1ccc(Nc2ccccc2C(F)(F)F)c(C2(OC(=O)NCc3ccc(Nc4ccccc4C(F)(F)F)cc3)COC2N(Cc2ccccc2)Cc2ccccc2)c1. The highest BCUT2D eigenvalue weighted by molar-refractivity contribution is 5.72. The zero-order valence-electron chi connectivity index (χ0n) is 36.3. The van der Waals surface area contributed by atoms with Crippen LogP contribution < -0.4 is 27.0 Å². The number of nitrogens with one attached hydrogen (secondary N) is 4. The van der Waals surface area contributed by atoms with Crippen LogP contribution in [0.5, 0.6) is 0 Å².